The number of benzene rings is 1. The van der Waals surface area contributed by atoms with E-state index in [1.165, 1.54) is 0 Å². The van der Waals surface area contributed by atoms with Crippen molar-refractivity contribution >= 4 is 27.6 Å². The third-order valence-electron chi connectivity index (χ3n) is 1.74. The molecule has 1 aromatic carbocycles. The Morgan fingerprint density at radius 1 is 1.27 bits per heavy atom. The third-order valence-corrected chi connectivity index (χ3v) is 2.27. The van der Waals surface area contributed by atoms with Gasteiger partial charge in [0.2, 0.25) is 5.89 Å². The molecule has 1 heterocycles. The van der Waals surface area contributed by atoms with Crippen LogP contribution in [0.3, 0.4) is 0 Å². The Labute approximate surface area is 94.8 Å². The number of anilines is 2. The zero-order valence-electron chi connectivity index (χ0n) is 7.77. The Bertz CT molecular complexity index is 440. The molecule has 5 nitrogen and oxygen atoms in total. The lowest BCUT2D eigenvalue weighted by Crippen LogP contribution is -1.95. The van der Waals surface area contributed by atoms with Gasteiger partial charge < -0.3 is 15.5 Å². The summed E-state index contributed by atoms with van der Waals surface area (Å²) in [6.45, 7) is 0.245. The van der Waals surface area contributed by atoms with Gasteiger partial charge in [0.05, 0.1) is 6.54 Å². The highest BCUT2D eigenvalue weighted by atomic mass is 79.9. The van der Waals surface area contributed by atoms with Crippen molar-refractivity contribution in [3.63, 3.8) is 0 Å². The Balaban J connectivity index is 2.11. The molecule has 78 valence electrons. The lowest BCUT2D eigenvalue weighted by atomic mass is 10.3. The molecule has 0 amide bonds. The van der Waals surface area contributed by atoms with Crippen LogP contribution in [0, 0.1) is 0 Å². The van der Waals surface area contributed by atoms with Crippen molar-refractivity contribution in [3.05, 3.63) is 34.6 Å². The minimum Gasteiger partial charge on any atom is -0.406 e. The fourth-order valence-corrected chi connectivity index (χ4v) is 1.31. The van der Waals surface area contributed by atoms with Crippen LogP contribution in [0.2, 0.25) is 0 Å². The smallest absolute Gasteiger partial charge is 0.320 e. The molecule has 0 radical (unpaired) electrons. The zero-order chi connectivity index (χ0) is 10.7. The first kappa shape index (κ1) is 10.1. The van der Waals surface area contributed by atoms with Crippen LogP contribution in [-0.4, -0.2) is 10.2 Å². The molecule has 1 aromatic heterocycles. The van der Waals surface area contributed by atoms with Crippen LogP contribution in [-0.2, 0) is 6.54 Å². The van der Waals surface area contributed by atoms with Gasteiger partial charge in [-0.2, -0.15) is 0 Å². The molecule has 0 saturated heterocycles. The second-order valence-electron chi connectivity index (χ2n) is 2.84. The molecule has 0 aliphatic rings. The molecule has 2 rings (SSSR count). The summed E-state index contributed by atoms with van der Waals surface area (Å²) in [6.07, 6.45) is 0. The van der Waals surface area contributed by atoms with E-state index >= 15 is 0 Å². The molecule has 6 heteroatoms. The first-order valence-electron chi connectivity index (χ1n) is 4.33. The molecule has 0 aliphatic carbocycles. The molecule has 0 saturated carbocycles. The second-order valence-corrected chi connectivity index (χ2v) is 3.75. The number of hydrogen-bond acceptors (Lipinski definition) is 5. The molecule has 0 aliphatic heterocycles. The van der Waals surface area contributed by atoms with Crippen molar-refractivity contribution in [2.45, 2.75) is 6.54 Å². The van der Waals surface area contributed by atoms with Crippen LogP contribution in [0.4, 0.5) is 11.7 Å². The van der Waals surface area contributed by atoms with Crippen molar-refractivity contribution in [2.75, 3.05) is 5.32 Å². The maximum absolute atomic E-state index is 5.35. The quantitative estimate of drug-likeness (QED) is 0.891. The predicted octanol–water partition coefficient (Wildman–Crippen LogP) is 2.03. The summed E-state index contributed by atoms with van der Waals surface area (Å²) < 4.78 is 6.21. The lowest BCUT2D eigenvalue weighted by Gasteiger charge is -1.99. The van der Waals surface area contributed by atoms with Gasteiger partial charge >= 0.3 is 6.01 Å². The Morgan fingerprint density at radius 3 is 2.60 bits per heavy atom. The van der Waals surface area contributed by atoms with Gasteiger partial charge in [-0.15, -0.1) is 5.10 Å². The predicted molar refractivity (Wildman–Crippen MR) is 59.6 cm³/mol. The van der Waals surface area contributed by atoms with Gasteiger partial charge in [-0.1, -0.05) is 21.0 Å². The van der Waals surface area contributed by atoms with Crippen LogP contribution < -0.4 is 11.1 Å². The van der Waals surface area contributed by atoms with Crippen LogP contribution in [0.25, 0.3) is 0 Å². The van der Waals surface area contributed by atoms with Gasteiger partial charge in [-0.3, -0.25) is 0 Å². The van der Waals surface area contributed by atoms with Gasteiger partial charge in [0, 0.05) is 10.2 Å². The van der Waals surface area contributed by atoms with E-state index in [2.05, 4.69) is 31.4 Å². The summed E-state index contributed by atoms with van der Waals surface area (Å²) in [5.74, 6) is 0.412. The molecule has 0 fully saturated rings. The maximum Gasteiger partial charge on any atom is 0.320 e. The van der Waals surface area contributed by atoms with Crippen molar-refractivity contribution in [2.24, 2.45) is 5.73 Å². The molecule has 2 aromatic rings. The number of halogens is 1. The summed E-state index contributed by atoms with van der Waals surface area (Å²) in [7, 11) is 0. The average molecular weight is 269 g/mol. The summed E-state index contributed by atoms with van der Waals surface area (Å²) in [4.78, 5) is 0. The number of nitrogens with two attached hydrogens (primary N) is 1. The van der Waals surface area contributed by atoms with Crippen molar-refractivity contribution < 1.29 is 4.42 Å². The lowest BCUT2D eigenvalue weighted by molar-refractivity contribution is 0.511. The Morgan fingerprint density at radius 2 is 2.00 bits per heavy atom. The largest absolute Gasteiger partial charge is 0.406 e. The molecule has 0 spiro atoms. The summed E-state index contributed by atoms with van der Waals surface area (Å²) in [6, 6.07) is 7.98. The van der Waals surface area contributed by atoms with Crippen molar-refractivity contribution in [3.8, 4) is 0 Å². The van der Waals surface area contributed by atoms with E-state index in [1.54, 1.807) is 0 Å². The van der Waals surface area contributed by atoms with E-state index in [0.717, 1.165) is 10.2 Å². The van der Waals surface area contributed by atoms with Crippen LogP contribution in [0.15, 0.2) is 33.2 Å². The van der Waals surface area contributed by atoms with Crippen LogP contribution in [0.1, 0.15) is 5.89 Å². The molecular weight excluding hydrogens is 260 g/mol. The van der Waals surface area contributed by atoms with Crippen molar-refractivity contribution in [1.82, 2.24) is 10.2 Å². The minimum atomic E-state index is 0.245. The number of hydrogen-bond donors (Lipinski definition) is 2. The van der Waals surface area contributed by atoms with Gasteiger partial charge in [-0.25, -0.2) is 0 Å². The highest BCUT2D eigenvalue weighted by molar-refractivity contribution is 9.10. The summed E-state index contributed by atoms with van der Waals surface area (Å²) >= 11 is 3.35. The van der Waals surface area contributed by atoms with E-state index in [1.807, 2.05) is 24.3 Å². The monoisotopic (exact) mass is 268 g/mol. The molecule has 0 bridgehead atoms. The molecular formula is C9H9BrN4O. The fraction of sp³-hybridized carbons (Fsp3) is 0.111. The topological polar surface area (TPSA) is 77.0 Å². The zero-order valence-corrected chi connectivity index (χ0v) is 9.36. The Hall–Kier alpha value is -1.40. The highest BCUT2D eigenvalue weighted by Crippen LogP contribution is 2.18. The second kappa shape index (κ2) is 4.41. The van der Waals surface area contributed by atoms with Crippen LogP contribution >= 0.6 is 15.9 Å². The van der Waals surface area contributed by atoms with Gasteiger partial charge in [0.1, 0.15) is 0 Å². The van der Waals surface area contributed by atoms with Crippen molar-refractivity contribution in [1.29, 1.82) is 0 Å². The van der Waals surface area contributed by atoms with E-state index in [9.17, 15) is 0 Å². The van der Waals surface area contributed by atoms with Gasteiger partial charge in [0.25, 0.3) is 0 Å². The van der Waals surface area contributed by atoms with E-state index < -0.39 is 0 Å². The van der Waals surface area contributed by atoms with Gasteiger partial charge in [-0.05, 0) is 24.3 Å². The molecule has 0 atom stereocenters. The number of nitrogens with one attached hydrogen (secondary N) is 1. The Kier molecular flexibility index (Phi) is 2.98. The number of nitrogens with zero attached hydrogens (tertiary/aromatic N) is 2. The van der Waals surface area contributed by atoms with E-state index in [-0.39, 0.29) is 6.54 Å². The van der Waals surface area contributed by atoms with Gasteiger partial charge in [0.15, 0.2) is 0 Å². The first-order chi connectivity index (χ1) is 7.28. The molecule has 0 unspecified atom stereocenters. The minimum absolute atomic E-state index is 0.245. The third kappa shape index (κ3) is 2.54. The van der Waals surface area contributed by atoms with E-state index in [4.69, 9.17) is 10.2 Å². The van der Waals surface area contributed by atoms with E-state index in [0.29, 0.717) is 11.9 Å². The highest BCUT2D eigenvalue weighted by Gasteiger charge is 2.03. The fourth-order valence-electron chi connectivity index (χ4n) is 1.04. The molecule has 3 N–H and O–H groups in total. The summed E-state index contributed by atoms with van der Waals surface area (Å²) in [5, 5.41) is 10.5. The normalized spacial score (nSPS) is 10.3. The van der Waals surface area contributed by atoms with Crippen LogP contribution in [0.5, 0.6) is 0 Å². The average Bonchev–Trinajstić information content (AvgIpc) is 2.69. The number of rotatable bonds is 3. The molecule has 15 heavy (non-hydrogen) atoms. The standard InChI is InChI=1S/C9H9BrN4O/c10-6-1-3-7(4-2-6)12-9-14-13-8(5-11)15-9/h1-4H,5,11H2,(H,12,14). The first-order valence-corrected chi connectivity index (χ1v) is 5.12. The number of aromatic nitrogens is 2. The summed E-state index contributed by atoms with van der Waals surface area (Å²) in [5.41, 5.74) is 6.23. The maximum atomic E-state index is 5.35. The SMILES string of the molecule is NCc1nnc(Nc2ccc(Br)cc2)o1.